The second-order valence-electron chi connectivity index (χ2n) is 3.47. The fourth-order valence-corrected chi connectivity index (χ4v) is 2.00. The molecule has 0 saturated heterocycles. The minimum atomic E-state index is -0.741. The zero-order valence-electron chi connectivity index (χ0n) is 8.56. The van der Waals surface area contributed by atoms with Crippen LogP contribution in [-0.4, -0.2) is 14.7 Å². The molecule has 0 amide bonds. The molecule has 16 heavy (non-hydrogen) atoms. The maximum Gasteiger partial charge on any atom is 0.142 e. The Hall–Kier alpha value is -0.590. The third-order valence-electron chi connectivity index (χ3n) is 2.36. The summed E-state index contributed by atoms with van der Waals surface area (Å²) in [6.07, 6.45) is 2.72. The molecule has 0 fully saturated rings. The number of benzene rings is 1. The van der Waals surface area contributed by atoms with Gasteiger partial charge in [0.1, 0.15) is 11.9 Å². The van der Waals surface area contributed by atoms with Crippen LogP contribution in [0, 0.1) is 3.57 Å². The highest BCUT2D eigenvalue weighted by atomic mass is 127. The number of imidazole rings is 1. The fourth-order valence-electron chi connectivity index (χ4n) is 1.47. The van der Waals surface area contributed by atoms with Gasteiger partial charge in [-0.05, 0) is 40.3 Å². The molecule has 1 heterocycles. The molecule has 0 radical (unpaired) electrons. The number of aryl methyl sites for hydroxylation is 1. The van der Waals surface area contributed by atoms with Gasteiger partial charge in [0, 0.05) is 23.0 Å². The van der Waals surface area contributed by atoms with Crippen LogP contribution in [0.2, 0.25) is 5.02 Å². The lowest BCUT2D eigenvalue weighted by molar-refractivity contribution is 0.206. The first kappa shape index (κ1) is 11.9. The van der Waals surface area contributed by atoms with Gasteiger partial charge in [0.25, 0.3) is 0 Å². The van der Waals surface area contributed by atoms with Crippen molar-refractivity contribution < 1.29 is 5.11 Å². The smallest absolute Gasteiger partial charge is 0.142 e. The van der Waals surface area contributed by atoms with E-state index in [1.807, 2.05) is 19.2 Å². The van der Waals surface area contributed by atoms with Crippen molar-refractivity contribution in [1.29, 1.82) is 0 Å². The van der Waals surface area contributed by atoms with Crippen molar-refractivity contribution in [3.8, 4) is 0 Å². The van der Waals surface area contributed by atoms with Crippen LogP contribution in [0.25, 0.3) is 0 Å². The maximum absolute atomic E-state index is 10.1. The van der Waals surface area contributed by atoms with Crippen LogP contribution in [0.4, 0.5) is 0 Å². The number of rotatable bonds is 2. The van der Waals surface area contributed by atoms with Gasteiger partial charge in [-0.2, -0.15) is 0 Å². The summed E-state index contributed by atoms with van der Waals surface area (Å²) in [7, 11) is 1.85. The van der Waals surface area contributed by atoms with Gasteiger partial charge in [0.2, 0.25) is 0 Å². The van der Waals surface area contributed by atoms with Crippen LogP contribution in [0.3, 0.4) is 0 Å². The first-order valence-electron chi connectivity index (χ1n) is 4.70. The number of halogens is 2. The standard InChI is InChI=1S/C11H10ClIN2O/c1-15-5-4-14-11(15)10(16)7-2-3-9(13)8(12)6-7/h2-6,10,16H,1H3. The van der Waals surface area contributed by atoms with E-state index >= 15 is 0 Å². The van der Waals surface area contributed by atoms with Gasteiger partial charge in [0.05, 0.1) is 5.02 Å². The van der Waals surface area contributed by atoms with Gasteiger partial charge in [-0.3, -0.25) is 0 Å². The maximum atomic E-state index is 10.1. The van der Waals surface area contributed by atoms with E-state index in [-0.39, 0.29) is 0 Å². The zero-order chi connectivity index (χ0) is 11.7. The first-order valence-corrected chi connectivity index (χ1v) is 6.15. The van der Waals surface area contributed by atoms with Gasteiger partial charge in [0.15, 0.2) is 0 Å². The van der Waals surface area contributed by atoms with Crippen LogP contribution in [-0.2, 0) is 7.05 Å². The van der Waals surface area contributed by atoms with E-state index in [0.717, 1.165) is 9.13 Å². The van der Waals surface area contributed by atoms with Crippen LogP contribution < -0.4 is 0 Å². The molecule has 0 saturated carbocycles. The van der Waals surface area contributed by atoms with E-state index < -0.39 is 6.10 Å². The lowest BCUT2D eigenvalue weighted by atomic mass is 10.1. The average molecular weight is 349 g/mol. The highest BCUT2D eigenvalue weighted by molar-refractivity contribution is 14.1. The number of aliphatic hydroxyl groups excluding tert-OH is 1. The molecule has 2 rings (SSSR count). The predicted octanol–water partition coefficient (Wildman–Crippen LogP) is 2.76. The van der Waals surface area contributed by atoms with Gasteiger partial charge < -0.3 is 9.67 Å². The molecule has 1 aromatic carbocycles. The van der Waals surface area contributed by atoms with Gasteiger partial charge in [-0.15, -0.1) is 0 Å². The zero-order valence-corrected chi connectivity index (χ0v) is 11.5. The normalized spacial score (nSPS) is 12.8. The number of nitrogens with zero attached hydrogens (tertiary/aromatic N) is 2. The van der Waals surface area contributed by atoms with E-state index in [2.05, 4.69) is 27.6 Å². The van der Waals surface area contributed by atoms with Crippen molar-refractivity contribution in [3.63, 3.8) is 0 Å². The van der Waals surface area contributed by atoms with E-state index in [1.54, 1.807) is 23.0 Å². The molecule has 0 aliphatic heterocycles. The molecular weight excluding hydrogens is 338 g/mol. The fraction of sp³-hybridized carbons (Fsp3) is 0.182. The monoisotopic (exact) mass is 348 g/mol. The average Bonchev–Trinajstić information content (AvgIpc) is 2.67. The van der Waals surface area contributed by atoms with E-state index in [9.17, 15) is 5.11 Å². The summed E-state index contributed by atoms with van der Waals surface area (Å²) in [4.78, 5) is 4.11. The first-order chi connectivity index (χ1) is 7.59. The predicted molar refractivity (Wildman–Crippen MR) is 71.4 cm³/mol. The molecule has 1 N–H and O–H groups in total. The van der Waals surface area contributed by atoms with E-state index in [1.165, 1.54) is 0 Å². The largest absolute Gasteiger partial charge is 0.380 e. The molecule has 84 valence electrons. The summed E-state index contributed by atoms with van der Waals surface area (Å²) in [5.74, 6) is 0.609. The van der Waals surface area contributed by atoms with Crippen LogP contribution in [0.1, 0.15) is 17.5 Å². The Bertz CT molecular complexity index is 512. The molecule has 0 aliphatic rings. The minimum Gasteiger partial charge on any atom is -0.380 e. The Kier molecular flexibility index (Phi) is 3.51. The van der Waals surface area contributed by atoms with Crippen LogP contribution in [0.15, 0.2) is 30.6 Å². The second kappa shape index (κ2) is 4.73. The van der Waals surface area contributed by atoms with Crippen LogP contribution in [0.5, 0.6) is 0 Å². The van der Waals surface area contributed by atoms with E-state index in [0.29, 0.717) is 10.8 Å². The second-order valence-corrected chi connectivity index (χ2v) is 5.04. The summed E-state index contributed by atoms with van der Waals surface area (Å²) in [6, 6.07) is 5.50. The van der Waals surface area contributed by atoms with Gasteiger partial charge in [-0.25, -0.2) is 4.98 Å². The Morgan fingerprint density at radius 3 is 2.81 bits per heavy atom. The Morgan fingerprint density at radius 2 is 2.25 bits per heavy atom. The Morgan fingerprint density at radius 1 is 1.50 bits per heavy atom. The minimum absolute atomic E-state index is 0.609. The highest BCUT2D eigenvalue weighted by Crippen LogP contribution is 2.26. The topological polar surface area (TPSA) is 38.0 Å². The summed E-state index contributed by atoms with van der Waals surface area (Å²) >= 11 is 8.16. The molecular formula is C11H10ClIN2O. The quantitative estimate of drug-likeness (QED) is 0.848. The molecule has 2 aromatic rings. The summed E-state index contributed by atoms with van der Waals surface area (Å²) in [5, 5.41) is 10.8. The summed E-state index contributed by atoms with van der Waals surface area (Å²) in [6.45, 7) is 0. The number of hydrogen-bond acceptors (Lipinski definition) is 2. The lowest BCUT2D eigenvalue weighted by Gasteiger charge is -2.11. The van der Waals surface area contributed by atoms with Gasteiger partial charge >= 0.3 is 0 Å². The number of aliphatic hydroxyl groups is 1. The highest BCUT2D eigenvalue weighted by Gasteiger charge is 2.15. The molecule has 3 nitrogen and oxygen atoms in total. The molecule has 0 spiro atoms. The van der Waals surface area contributed by atoms with E-state index in [4.69, 9.17) is 11.6 Å². The van der Waals surface area contributed by atoms with Crippen molar-refractivity contribution in [1.82, 2.24) is 9.55 Å². The third-order valence-corrected chi connectivity index (χ3v) is 3.93. The SMILES string of the molecule is Cn1ccnc1C(O)c1ccc(I)c(Cl)c1. The van der Waals surface area contributed by atoms with Crippen molar-refractivity contribution in [2.24, 2.45) is 7.05 Å². The number of hydrogen-bond donors (Lipinski definition) is 1. The van der Waals surface area contributed by atoms with Crippen molar-refractivity contribution in [2.75, 3.05) is 0 Å². The lowest BCUT2D eigenvalue weighted by Crippen LogP contribution is -2.06. The molecule has 0 aliphatic carbocycles. The molecule has 1 unspecified atom stereocenters. The van der Waals surface area contributed by atoms with Crippen LogP contribution >= 0.6 is 34.2 Å². The van der Waals surface area contributed by atoms with Crippen molar-refractivity contribution in [2.45, 2.75) is 6.10 Å². The van der Waals surface area contributed by atoms with Crippen molar-refractivity contribution in [3.05, 3.63) is 50.6 Å². The number of aromatic nitrogens is 2. The Balaban J connectivity index is 2.38. The Labute approximate surface area is 112 Å². The summed E-state index contributed by atoms with van der Waals surface area (Å²) in [5.41, 5.74) is 0.750. The third kappa shape index (κ3) is 2.23. The van der Waals surface area contributed by atoms with Gasteiger partial charge in [-0.1, -0.05) is 17.7 Å². The van der Waals surface area contributed by atoms with Crippen molar-refractivity contribution >= 4 is 34.2 Å². The molecule has 1 atom stereocenters. The molecule has 5 heteroatoms. The molecule has 0 bridgehead atoms. The summed E-state index contributed by atoms with van der Waals surface area (Å²) < 4.78 is 2.76. The molecule has 1 aromatic heterocycles.